The molecule has 8 nitrogen and oxygen atoms in total. The van der Waals surface area contributed by atoms with Crippen molar-refractivity contribution in [1.82, 2.24) is 20.0 Å². The van der Waals surface area contributed by atoms with Crippen molar-refractivity contribution in [3.05, 3.63) is 76.7 Å². The molecule has 0 unspecified atom stereocenters. The highest BCUT2D eigenvalue weighted by Gasteiger charge is 2.55. The van der Waals surface area contributed by atoms with Crippen LogP contribution in [0, 0.1) is 5.82 Å². The lowest BCUT2D eigenvalue weighted by Gasteiger charge is -2.35. The first-order valence-electron chi connectivity index (χ1n) is 10.6. The minimum atomic E-state index is -5.21. The van der Waals surface area contributed by atoms with E-state index in [4.69, 9.17) is 17.3 Å². The summed E-state index contributed by atoms with van der Waals surface area (Å²) >= 11 is 5.99. The summed E-state index contributed by atoms with van der Waals surface area (Å²) in [7, 11) is 0. The normalized spacial score (nSPS) is 13.2. The Kier molecular flexibility index (Phi) is 7.89. The van der Waals surface area contributed by atoms with Crippen molar-refractivity contribution >= 4 is 29.2 Å². The van der Waals surface area contributed by atoms with Gasteiger partial charge in [-0.3, -0.25) is 9.59 Å². The van der Waals surface area contributed by atoms with Crippen LogP contribution >= 0.6 is 11.6 Å². The summed E-state index contributed by atoms with van der Waals surface area (Å²) in [5, 5.41) is 16.5. The predicted octanol–water partition coefficient (Wildman–Crippen LogP) is 3.43. The standard InChI is InChI=1S/C23H22ClF4N5O3/c1-2-32(21(35)16-5-3-4-6-18(16)24)13-22(36,23(26,27)28)12-30-20(34)17-11-31-33(19(17)29)15-9-7-14(25)8-10-15/h3-11,36H,2,12-13,29H2,1H3,(H,30,34)/t22-/m0/s1. The molecule has 0 saturated carbocycles. The summed E-state index contributed by atoms with van der Waals surface area (Å²) in [4.78, 5) is 26.2. The largest absolute Gasteiger partial charge is 0.420 e. The van der Waals surface area contributed by atoms with Gasteiger partial charge in [-0.1, -0.05) is 23.7 Å². The van der Waals surface area contributed by atoms with Crippen molar-refractivity contribution in [2.24, 2.45) is 0 Å². The number of nitrogens with two attached hydrogens (primary N) is 1. The van der Waals surface area contributed by atoms with Crippen LogP contribution in [0.5, 0.6) is 0 Å². The minimum Gasteiger partial charge on any atom is -0.383 e. The average Bonchev–Trinajstić information content (AvgIpc) is 3.22. The first kappa shape index (κ1) is 27.0. The third kappa shape index (κ3) is 5.60. The molecule has 1 atom stereocenters. The van der Waals surface area contributed by atoms with E-state index in [1.165, 1.54) is 37.3 Å². The average molecular weight is 528 g/mol. The number of aliphatic hydroxyl groups is 1. The van der Waals surface area contributed by atoms with Gasteiger partial charge < -0.3 is 21.1 Å². The van der Waals surface area contributed by atoms with Crippen molar-refractivity contribution in [3.63, 3.8) is 0 Å². The van der Waals surface area contributed by atoms with Crippen LogP contribution in [0.25, 0.3) is 5.69 Å². The Morgan fingerprint density at radius 2 is 1.78 bits per heavy atom. The van der Waals surface area contributed by atoms with Gasteiger partial charge in [0.25, 0.3) is 11.8 Å². The zero-order valence-corrected chi connectivity index (χ0v) is 19.6. The second-order valence-electron chi connectivity index (χ2n) is 7.84. The van der Waals surface area contributed by atoms with Gasteiger partial charge in [0, 0.05) is 6.54 Å². The Morgan fingerprint density at radius 3 is 2.36 bits per heavy atom. The first-order valence-corrected chi connectivity index (χ1v) is 11.0. The van der Waals surface area contributed by atoms with Crippen molar-refractivity contribution in [2.45, 2.75) is 18.7 Å². The summed E-state index contributed by atoms with van der Waals surface area (Å²) in [6.07, 6.45) is -4.18. The van der Waals surface area contributed by atoms with E-state index in [1.807, 2.05) is 5.32 Å². The van der Waals surface area contributed by atoms with E-state index in [-0.39, 0.29) is 28.5 Å². The molecule has 192 valence electrons. The Bertz CT molecular complexity index is 1250. The van der Waals surface area contributed by atoms with Crippen LogP contribution in [0.4, 0.5) is 23.4 Å². The molecule has 2 aromatic carbocycles. The number of nitrogens with one attached hydrogen (secondary N) is 1. The highest BCUT2D eigenvalue weighted by atomic mass is 35.5. The molecule has 1 aromatic heterocycles. The number of likely N-dealkylation sites (N-methyl/N-ethyl adjacent to an activating group) is 1. The second-order valence-corrected chi connectivity index (χ2v) is 8.25. The molecule has 0 aliphatic rings. The molecule has 2 amide bonds. The topological polar surface area (TPSA) is 113 Å². The zero-order chi connectivity index (χ0) is 26.7. The van der Waals surface area contributed by atoms with E-state index >= 15 is 0 Å². The van der Waals surface area contributed by atoms with Gasteiger partial charge in [0.05, 0.1) is 35.6 Å². The number of hydrogen-bond donors (Lipinski definition) is 3. The lowest BCUT2D eigenvalue weighted by molar-refractivity contribution is -0.259. The monoisotopic (exact) mass is 527 g/mol. The Balaban J connectivity index is 1.79. The SMILES string of the molecule is CCN(C[C@@](O)(CNC(=O)c1cnn(-c2ccc(F)cc2)c1N)C(F)(F)F)C(=O)c1ccccc1Cl. The molecule has 3 rings (SSSR count). The zero-order valence-electron chi connectivity index (χ0n) is 18.9. The van der Waals surface area contributed by atoms with Crippen molar-refractivity contribution in [1.29, 1.82) is 0 Å². The number of alkyl halides is 3. The van der Waals surface area contributed by atoms with E-state index in [9.17, 15) is 32.3 Å². The molecule has 0 fully saturated rings. The number of nitrogens with zero attached hydrogens (tertiary/aromatic N) is 3. The quantitative estimate of drug-likeness (QED) is 0.388. The number of carbonyl (C=O) groups is 2. The van der Waals surface area contributed by atoms with Gasteiger partial charge >= 0.3 is 6.18 Å². The van der Waals surface area contributed by atoms with Gasteiger partial charge in [0.1, 0.15) is 17.2 Å². The maximum atomic E-state index is 13.9. The van der Waals surface area contributed by atoms with Crippen LogP contribution < -0.4 is 11.1 Å². The van der Waals surface area contributed by atoms with Crippen LogP contribution in [-0.4, -0.2) is 63.0 Å². The number of amides is 2. The van der Waals surface area contributed by atoms with Crippen LogP contribution in [-0.2, 0) is 0 Å². The number of hydrogen-bond acceptors (Lipinski definition) is 5. The summed E-state index contributed by atoms with van der Waals surface area (Å²) in [5.41, 5.74) is 2.45. The number of rotatable bonds is 8. The predicted molar refractivity (Wildman–Crippen MR) is 124 cm³/mol. The Morgan fingerprint density at radius 1 is 1.14 bits per heavy atom. The van der Waals surface area contributed by atoms with Gasteiger partial charge in [-0.25, -0.2) is 9.07 Å². The van der Waals surface area contributed by atoms with Gasteiger partial charge in [0.15, 0.2) is 5.60 Å². The van der Waals surface area contributed by atoms with E-state index < -0.39 is 42.5 Å². The molecule has 0 spiro atoms. The lowest BCUT2D eigenvalue weighted by atomic mass is 10.0. The molecule has 4 N–H and O–H groups in total. The fourth-order valence-corrected chi connectivity index (χ4v) is 3.55. The fraction of sp³-hybridized carbons (Fsp3) is 0.261. The Labute approximate surface area is 208 Å². The van der Waals surface area contributed by atoms with E-state index in [1.54, 1.807) is 6.07 Å². The molecule has 1 heterocycles. The van der Waals surface area contributed by atoms with Crippen LogP contribution in [0.15, 0.2) is 54.7 Å². The van der Waals surface area contributed by atoms with Gasteiger partial charge in [0.2, 0.25) is 0 Å². The number of benzene rings is 2. The van der Waals surface area contributed by atoms with Crippen LogP contribution in [0.1, 0.15) is 27.6 Å². The number of anilines is 1. The van der Waals surface area contributed by atoms with Gasteiger partial charge in [-0.15, -0.1) is 0 Å². The molecule has 13 heteroatoms. The molecule has 0 radical (unpaired) electrons. The van der Waals surface area contributed by atoms with Gasteiger partial charge in [-0.05, 0) is 43.3 Å². The second kappa shape index (κ2) is 10.5. The van der Waals surface area contributed by atoms with E-state index in [0.717, 1.165) is 27.9 Å². The first-order chi connectivity index (χ1) is 16.9. The van der Waals surface area contributed by atoms with Crippen LogP contribution in [0.3, 0.4) is 0 Å². The molecule has 0 aliphatic heterocycles. The Hall–Kier alpha value is -3.64. The minimum absolute atomic E-state index is 0.0319. The summed E-state index contributed by atoms with van der Waals surface area (Å²) < 4.78 is 56.0. The number of aromatic nitrogens is 2. The molecule has 0 bridgehead atoms. The molecule has 0 saturated heterocycles. The highest BCUT2D eigenvalue weighted by molar-refractivity contribution is 6.33. The molecule has 3 aromatic rings. The summed E-state index contributed by atoms with van der Waals surface area (Å²) in [6, 6.07) is 10.8. The van der Waals surface area contributed by atoms with E-state index in [2.05, 4.69) is 5.10 Å². The summed E-state index contributed by atoms with van der Waals surface area (Å²) in [6.45, 7) is -1.17. The maximum absolute atomic E-state index is 13.9. The number of nitrogen functional groups attached to an aromatic ring is 1. The highest BCUT2D eigenvalue weighted by Crippen LogP contribution is 2.32. The van der Waals surface area contributed by atoms with Crippen molar-refractivity contribution in [3.8, 4) is 5.69 Å². The third-order valence-electron chi connectivity index (χ3n) is 5.42. The van der Waals surface area contributed by atoms with Crippen LogP contribution in [0.2, 0.25) is 5.02 Å². The molecular weight excluding hydrogens is 506 g/mol. The fourth-order valence-electron chi connectivity index (χ4n) is 3.34. The number of halogens is 5. The lowest BCUT2D eigenvalue weighted by Crippen LogP contribution is -2.60. The molecule has 36 heavy (non-hydrogen) atoms. The van der Waals surface area contributed by atoms with Crippen molar-refractivity contribution in [2.75, 3.05) is 25.4 Å². The molecule has 0 aliphatic carbocycles. The summed E-state index contributed by atoms with van der Waals surface area (Å²) in [5.74, 6) is -2.58. The smallest absolute Gasteiger partial charge is 0.383 e. The third-order valence-corrected chi connectivity index (χ3v) is 5.75. The number of carbonyl (C=O) groups excluding carboxylic acids is 2. The van der Waals surface area contributed by atoms with E-state index in [0.29, 0.717) is 5.69 Å². The van der Waals surface area contributed by atoms with Gasteiger partial charge in [-0.2, -0.15) is 18.3 Å². The van der Waals surface area contributed by atoms with Crippen molar-refractivity contribution < 1.29 is 32.3 Å². The molecular formula is C23H22ClF4N5O3. The maximum Gasteiger partial charge on any atom is 0.420 e.